The van der Waals surface area contributed by atoms with Gasteiger partial charge >= 0.3 is 11.9 Å². The smallest absolute Gasteiger partial charge is 0.309 e. The number of hydrogen-bond donors (Lipinski definition) is 2. The molecule has 0 aromatic carbocycles. The minimum Gasteiger partial charge on any atom is -0.481 e. The predicted octanol–water partition coefficient (Wildman–Crippen LogP) is 7.22. The molecule has 2 atom stereocenters. The van der Waals surface area contributed by atoms with Crippen LogP contribution in [0.1, 0.15) is 93.9 Å². The predicted molar refractivity (Wildman–Crippen MR) is 156 cm³/mol. The van der Waals surface area contributed by atoms with Gasteiger partial charge in [0.2, 0.25) is 0 Å². The van der Waals surface area contributed by atoms with Gasteiger partial charge in [0.05, 0.1) is 32.4 Å². The molecule has 8 heteroatoms. The zero-order valence-corrected chi connectivity index (χ0v) is 25.7. The van der Waals surface area contributed by atoms with Crippen molar-refractivity contribution in [2.75, 3.05) is 0 Å². The van der Waals surface area contributed by atoms with E-state index in [-0.39, 0.29) is 10.8 Å². The van der Waals surface area contributed by atoms with Crippen molar-refractivity contribution in [2.24, 2.45) is 21.7 Å². The Morgan fingerprint density at radius 1 is 0.711 bits per heavy atom. The van der Waals surface area contributed by atoms with Gasteiger partial charge in [0.1, 0.15) is 0 Å². The molecule has 0 fully saturated rings. The van der Waals surface area contributed by atoms with Crippen LogP contribution in [0.5, 0.6) is 0 Å². The van der Waals surface area contributed by atoms with Crippen molar-refractivity contribution >= 4 is 33.5 Å². The van der Waals surface area contributed by atoms with Gasteiger partial charge < -0.3 is 10.2 Å². The molecular weight excluding hydrogens is 520 g/mol. The lowest BCUT2D eigenvalue weighted by atomic mass is 9.86. The highest BCUT2D eigenvalue weighted by molar-refractivity contribution is 7.93. The normalized spacial score (nSPS) is 23.4. The lowest BCUT2D eigenvalue weighted by Gasteiger charge is -2.27. The van der Waals surface area contributed by atoms with Crippen LogP contribution in [0, 0.1) is 21.7 Å². The Balaban J connectivity index is 2.16. The number of hydrogen-bond acceptors (Lipinski definition) is 4. The van der Waals surface area contributed by atoms with Crippen molar-refractivity contribution in [2.45, 2.75) is 93.9 Å². The lowest BCUT2D eigenvalue weighted by Crippen LogP contribution is -2.23. The number of aliphatic carboxylic acids is 2. The van der Waals surface area contributed by atoms with Crippen molar-refractivity contribution in [3.05, 3.63) is 56.1 Å². The summed E-state index contributed by atoms with van der Waals surface area (Å²) in [6, 6.07) is 0. The van der Waals surface area contributed by atoms with E-state index in [1.165, 1.54) is 0 Å². The van der Waals surface area contributed by atoms with Gasteiger partial charge in [0.25, 0.3) is 0 Å². The largest absolute Gasteiger partial charge is 0.481 e. The van der Waals surface area contributed by atoms with E-state index in [1.54, 1.807) is 39.8 Å². The standard InChI is InChI=1S/C30H44O6S2/c1-27(2)17-21(11-9-15-29(5,6)25(31)32)37(35)23(19-27)13-14-24-20-28(3,4)18-22(38(24)36)12-10-16-30(7,8)26(33)34/h13-14,17-20H,9-12,15-16H2,1-8H3,(H,31,32)(H,33,34). The average molecular weight is 565 g/mol. The molecule has 0 saturated heterocycles. The molecule has 212 valence electrons. The molecule has 0 bridgehead atoms. The highest BCUT2D eigenvalue weighted by Crippen LogP contribution is 2.38. The maximum Gasteiger partial charge on any atom is 0.309 e. The van der Waals surface area contributed by atoms with E-state index in [0.29, 0.717) is 48.3 Å². The van der Waals surface area contributed by atoms with Gasteiger partial charge in [0.15, 0.2) is 0 Å². The van der Waals surface area contributed by atoms with Crippen LogP contribution in [0.2, 0.25) is 0 Å². The van der Waals surface area contributed by atoms with Crippen LogP contribution in [0.15, 0.2) is 56.1 Å². The fraction of sp³-hybridized carbons (Fsp3) is 0.600. The Kier molecular flexibility index (Phi) is 10.1. The number of carboxylic acids is 2. The molecule has 2 rings (SSSR count). The summed E-state index contributed by atoms with van der Waals surface area (Å²) in [4.78, 5) is 25.8. The topological polar surface area (TPSA) is 109 Å². The van der Waals surface area contributed by atoms with Crippen LogP contribution in [-0.2, 0) is 31.2 Å². The van der Waals surface area contributed by atoms with Crippen LogP contribution in [0.25, 0.3) is 0 Å². The maximum absolute atomic E-state index is 13.4. The Bertz CT molecular complexity index is 1070. The van der Waals surface area contributed by atoms with Crippen molar-refractivity contribution in [3.8, 4) is 0 Å². The lowest BCUT2D eigenvalue weighted by molar-refractivity contribution is -0.148. The van der Waals surface area contributed by atoms with E-state index in [9.17, 15) is 28.2 Å². The van der Waals surface area contributed by atoms with Crippen LogP contribution < -0.4 is 0 Å². The van der Waals surface area contributed by atoms with E-state index >= 15 is 0 Å². The summed E-state index contributed by atoms with van der Waals surface area (Å²) in [6.45, 7) is 15.0. The van der Waals surface area contributed by atoms with Gasteiger partial charge in [-0.1, -0.05) is 52.0 Å². The molecule has 38 heavy (non-hydrogen) atoms. The zero-order valence-electron chi connectivity index (χ0n) is 24.1. The number of carbonyl (C=O) groups is 2. The van der Waals surface area contributed by atoms with Gasteiger partial charge in [0, 0.05) is 30.5 Å². The first-order chi connectivity index (χ1) is 17.3. The van der Waals surface area contributed by atoms with Gasteiger partial charge in [-0.2, -0.15) is 0 Å². The Hall–Kier alpha value is -2.06. The molecule has 0 spiro atoms. The van der Waals surface area contributed by atoms with Gasteiger partial charge in [-0.05, 0) is 78.4 Å². The van der Waals surface area contributed by atoms with Crippen LogP contribution in [-0.4, -0.2) is 30.6 Å². The first kappa shape index (κ1) is 32.2. The molecule has 2 aliphatic rings. The van der Waals surface area contributed by atoms with Crippen molar-refractivity contribution < 1.29 is 28.2 Å². The van der Waals surface area contributed by atoms with E-state index < -0.39 is 44.4 Å². The Labute approximate surface area is 233 Å². The molecule has 0 aromatic rings. The molecule has 0 aliphatic carbocycles. The summed E-state index contributed by atoms with van der Waals surface area (Å²) < 4.78 is 26.8. The highest BCUT2D eigenvalue weighted by atomic mass is 32.2. The molecule has 0 saturated carbocycles. The molecule has 0 radical (unpaired) electrons. The minimum atomic E-state index is -1.37. The monoisotopic (exact) mass is 564 g/mol. The molecule has 2 heterocycles. The second kappa shape index (κ2) is 12.0. The van der Waals surface area contributed by atoms with Gasteiger partial charge in [-0.3, -0.25) is 9.59 Å². The van der Waals surface area contributed by atoms with E-state index in [4.69, 9.17) is 0 Å². The first-order valence-electron chi connectivity index (χ1n) is 13.1. The van der Waals surface area contributed by atoms with Crippen LogP contribution >= 0.6 is 0 Å². The number of allylic oxidation sites excluding steroid dienone is 8. The number of carboxylic acid groups (broad SMARTS) is 2. The summed E-state index contributed by atoms with van der Waals surface area (Å²) in [6.07, 6.45) is 14.9. The summed E-state index contributed by atoms with van der Waals surface area (Å²) in [5.41, 5.74) is -2.29. The Morgan fingerprint density at radius 3 is 1.32 bits per heavy atom. The molecule has 0 aromatic heterocycles. The van der Waals surface area contributed by atoms with E-state index in [1.807, 2.05) is 52.0 Å². The fourth-order valence-electron chi connectivity index (χ4n) is 4.50. The third kappa shape index (κ3) is 8.73. The molecular formula is C30H44O6S2. The molecule has 2 aliphatic heterocycles. The summed E-state index contributed by atoms with van der Waals surface area (Å²) in [5.74, 6) is -1.67. The van der Waals surface area contributed by atoms with Gasteiger partial charge in [-0.15, -0.1) is 0 Å². The third-order valence-electron chi connectivity index (χ3n) is 7.02. The summed E-state index contributed by atoms with van der Waals surface area (Å²) in [7, 11) is -2.75. The molecule has 2 unspecified atom stereocenters. The summed E-state index contributed by atoms with van der Waals surface area (Å²) >= 11 is 0. The molecule has 2 N–H and O–H groups in total. The first-order valence-corrected chi connectivity index (χ1v) is 15.4. The summed E-state index contributed by atoms with van der Waals surface area (Å²) in [5, 5.41) is 18.8. The zero-order chi connectivity index (χ0) is 29.1. The van der Waals surface area contributed by atoms with Crippen LogP contribution in [0.4, 0.5) is 0 Å². The second-order valence-electron chi connectivity index (χ2n) is 12.9. The quantitative estimate of drug-likeness (QED) is 0.259. The fourth-order valence-corrected chi connectivity index (χ4v) is 7.79. The van der Waals surface area contributed by atoms with Crippen molar-refractivity contribution in [1.82, 2.24) is 0 Å². The van der Waals surface area contributed by atoms with Crippen molar-refractivity contribution in [3.63, 3.8) is 0 Å². The maximum atomic E-state index is 13.4. The van der Waals surface area contributed by atoms with Crippen molar-refractivity contribution in [1.29, 1.82) is 0 Å². The van der Waals surface area contributed by atoms with Gasteiger partial charge in [-0.25, -0.2) is 8.42 Å². The van der Waals surface area contributed by atoms with E-state index in [0.717, 1.165) is 9.81 Å². The highest BCUT2D eigenvalue weighted by Gasteiger charge is 2.30. The Morgan fingerprint density at radius 2 is 1.03 bits per heavy atom. The molecule has 6 nitrogen and oxygen atoms in total. The number of rotatable bonds is 12. The third-order valence-corrected chi connectivity index (χ3v) is 9.98. The SMILES string of the molecule is CC1(C)C=C(C=CC2=CC(C)(C)C=C(CCCC(C)(C)C(=O)O)S2=O)S(=O)C(CCCC(C)(C)C(=O)O)=C1. The van der Waals surface area contributed by atoms with Crippen LogP contribution in [0.3, 0.4) is 0 Å². The minimum absolute atomic E-state index is 0.313. The molecule has 0 amide bonds. The second-order valence-corrected chi connectivity index (χ2v) is 16.0. The average Bonchev–Trinajstić information content (AvgIpc) is 2.76. The van der Waals surface area contributed by atoms with E-state index in [2.05, 4.69) is 0 Å².